The lowest BCUT2D eigenvalue weighted by molar-refractivity contribution is -0.385. The Morgan fingerprint density at radius 3 is 2.80 bits per heavy atom. The standard InChI is InChI=1S/C13H17N3O4/c1-13(2)4-3-8(6-13)15-11-5-9(12(17)18)10(7-14-11)16(19)20/h5,7-8H,3-4,6H2,1-2H3,(H,14,15)(H,17,18). The highest BCUT2D eigenvalue weighted by Crippen LogP contribution is 2.38. The molecule has 1 aliphatic rings. The number of carboxylic acids is 1. The number of carboxylic acid groups (broad SMARTS) is 1. The summed E-state index contributed by atoms with van der Waals surface area (Å²) >= 11 is 0. The normalized spacial score (nSPS) is 20.6. The lowest BCUT2D eigenvalue weighted by Crippen LogP contribution is -2.18. The molecule has 1 saturated carbocycles. The Kier molecular flexibility index (Phi) is 3.61. The van der Waals surface area contributed by atoms with Crippen molar-refractivity contribution in [2.24, 2.45) is 5.41 Å². The first-order valence-electron chi connectivity index (χ1n) is 6.43. The zero-order valence-electron chi connectivity index (χ0n) is 11.4. The minimum absolute atomic E-state index is 0.223. The van der Waals surface area contributed by atoms with Gasteiger partial charge in [-0.2, -0.15) is 0 Å². The van der Waals surface area contributed by atoms with E-state index in [1.54, 1.807) is 0 Å². The molecule has 0 aromatic carbocycles. The fraction of sp³-hybridized carbons (Fsp3) is 0.538. The second-order valence-electron chi connectivity index (χ2n) is 5.90. The van der Waals surface area contributed by atoms with Crippen molar-refractivity contribution in [3.8, 4) is 0 Å². The number of aromatic nitrogens is 1. The van der Waals surface area contributed by atoms with Crippen molar-refractivity contribution < 1.29 is 14.8 Å². The molecule has 7 nitrogen and oxygen atoms in total. The molecule has 7 heteroatoms. The van der Waals surface area contributed by atoms with Crippen LogP contribution in [0, 0.1) is 15.5 Å². The number of carbonyl (C=O) groups is 1. The third kappa shape index (κ3) is 3.04. The monoisotopic (exact) mass is 279 g/mol. The molecular weight excluding hydrogens is 262 g/mol. The van der Waals surface area contributed by atoms with Gasteiger partial charge >= 0.3 is 11.7 Å². The SMILES string of the molecule is CC1(C)CCC(Nc2cc(C(=O)O)c([N+](=O)[O-])cn2)C1. The number of pyridine rings is 1. The molecule has 0 saturated heterocycles. The summed E-state index contributed by atoms with van der Waals surface area (Å²) in [6.45, 7) is 4.36. The molecule has 0 radical (unpaired) electrons. The van der Waals surface area contributed by atoms with Gasteiger partial charge in [0.2, 0.25) is 0 Å². The van der Waals surface area contributed by atoms with Crippen LogP contribution < -0.4 is 5.32 Å². The Morgan fingerprint density at radius 1 is 1.60 bits per heavy atom. The van der Waals surface area contributed by atoms with Crippen LogP contribution in [0.3, 0.4) is 0 Å². The molecule has 1 aliphatic carbocycles. The van der Waals surface area contributed by atoms with E-state index in [4.69, 9.17) is 5.11 Å². The molecule has 0 bridgehead atoms. The Labute approximate surface area is 116 Å². The number of rotatable bonds is 4. The summed E-state index contributed by atoms with van der Waals surface area (Å²) in [5.41, 5.74) is -0.576. The van der Waals surface area contributed by atoms with Gasteiger partial charge in [0, 0.05) is 12.1 Å². The van der Waals surface area contributed by atoms with Crippen LogP contribution in [-0.4, -0.2) is 27.0 Å². The predicted molar refractivity (Wildman–Crippen MR) is 72.9 cm³/mol. The number of aromatic carboxylic acids is 1. The summed E-state index contributed by atoms with van der Waals surface area (Å²) in [4.78, 5) is 25.0. The topological polar surface area (TPSA) is 105 Å². The van der Waals surface area contributed by atoms with E-state index in [1.165, 1.54) is 6.07 Å². The highest BCUT2D eigenvalue weighted by atomic mass is 16.6. The minimum Gasteiger partial charge on any atom is -0.477 e. The van der Waals surface area contributed by atoms with Gasteiger partial charge in [-0.15, -0.1) is 0 Å². The zero-order valence-corrected chi connectivity index (χ0v) is 11.4. The van der Waals surface area contributed by atoms with Gasteiger partial charge in [-0.1, -0.05) is 13.8 Å². The number of anilines is 1. The zero-order chi connectivity index (χ0) is 14.9. The molecule has 1 aromatic heterocycles. The van der Waals surface area contributed by atoms with Crippen LogP contribution >= 0.6 is 0 Å². The van der Waals surface area contributed by atoms with Crippen LogP contribution in [0.4, 0.5) is 11.5 Å². The van der Waals surface area contributed by atoms with Crippen LogP contribution in [-0.2, 0) is 0 Å². The largest absolute Gasteiger partial charge is 0.477 e. The van der Waals surface area contributed by atoms with Crippen molar-refractivity contribution in [2.75, 3.05) is 5.32 Å². The van der Waals surface area contributed by atoms with Crippen molar-refractivity contribution in [1.29, 1.82) is 0 Å². The number of nitrogens with zero attached hydrogens (tertiary/aromatic N) is 2. The first-order chi connectivity index (χ1) is 9.28. The summed E-state index contributed by atoms with van der Waals surface area (Å²) in [5, 5.41) is 22.9. The Bertz CT molecular complexity index is 557. The maximum Gasteiger partial charge on any atom is 0.342 e. The summed E-state index contributed by atoms with van der Waals surface area (Å²) < 4.78 is 0. The highest BCUT2D eigenvalue weighted by Gasteiger charge is 2.31. The Morgan fingerprint density at radius 2 is 2.30 bits per heavy atom. The number of nitrogens with one attached hydrogen (secondary N) is 1. The third-order valence-corrected chi connectivity index (χ3v) is 3.63. The van der Waals surface area contributed by atoms with Crippen molar-refractivity contribution in [2.45, 2.75) is 39.2 Å². The number of hydrogen-bond donors (Lipinski definition) is 2. The molecule has 1 heterocycles. The van der Waals surface area contributed by atoms with Gasteiger partial charge < -0.3 is 10.4 Å². The van der Waals surface area contributed by atoms with Crippen molar-refractivity contribution in [3.63, 3.8) is 0 Å². The number of nitro groups is 1. The smallest absolute Gasteiger partial charge is 0.342 e. The molecule has 1 fully saturated rings. The minimum atomic E-state index is -1.33. The van der Waals surface area contributed by atoms with Crippen LogP contribution in [0.25, 0.3) is 0 Å². The van der Waals surface area contributed by atoms with Crippen molar-refractivity contribution >= 4 is 17.5 Å². The average molecular weight is 279 g/mol. The second kappa shape index (κ2) is 5.07. The van der Waals surface area contributed by atoms with Gasteiger partial charge in [-0.25, -0.2) is 9.78 Å². The van der Waals surface area contributed by atoms with E-state index in [0.29, 0.717) is 5.82 Å². The molecule has 1 unspecified atom stereocenters. The van der Waals surface area contributed by atoms with E-state index >= 15 is 0 Å². The van der Waals surface area contributed by atoms with E-state index in [2.05, 4.69) is 24.1 Å². The number of hydrogen-bond acceptors (Lipinski definition) is 5. The molecule has 20 heavy (non-hydrogen) atoms. The van der Waals surface area contributed by atoms with Gasteiger partial charge in [0.1, 0.15) is 17.6 Å². The van der Waals surface area contributed by atoms with Gasteiger partial charge in [-0.3, -0.25) is 10.1 Å². The van der Waals surface area contributed by atoms with Crippen LogP contribution in [0.1, 0.15) is 43.5 Å². The van der Waals surface area contributed by atoms with Gasteiger partial charge in [0.25, 0.3) is 0 Å². The predicted octanol–water partition coefficient (Wildman–Crippen LogP) is 2.68. The van der Waals surface area contributed by atoms with Gasteiger partial charge in [-0.05, 0) is 24.7 Å². The fourth-order valence-electron chi connectivity index (χ4n) is 2.61. The second-order valence-corrected chi connectivity index (χ2v) is 5.90. The molecule has 0 amide bonds. The molecule has 1 atom stereocenters. The van der Waals surface area contributed by atoms with E-state index in [-0.39, 0.29) is 17.0 Å². The van der Waals surface area contributed by atoms with Crippen LogP contribution in [0.5, 0.6) is 0 Å². The molecule has 0 aliphatic heterocycles. The fourth-order valence-corrected chi connectivity index (χ4v) is 2.61. The molecule has 2 N–H and O–H groups in total. The molecule has 0 spiro atoms. The summed E-state index contributed by atoms with van der Waals surface area (Å²) in [6, 6.07) is 1.45. The van der Waals surface area contributed by atoms with E-state index in [9.17, 15) is 14.9 Å². The Balaban J connectivity index is 2.20. The lowest BCUT2D eigenvalue weighted by Gasteiger charge is -2.18. The average Bonchev–Trinajstić information content (AvgIpc) is 2.68. The molecule has 108 valence electrons. The quantitative estimate of drug-likeness (QED) is 0.648. The highest BCUT2D eigenvalue weighted by molar-refractivity contribution is 5.93. The van der Waals surface area contributed by atoms with Gasteiger partial charge in [0.15, 0.2) is 0 Å². The van der Waals surface area contributed by atoms with Gasteiger partial charge in [0.05, 0.1) is 4.92 Å². The maximum absolute atomic E-state index is 11.1. The Hall–Kier alpha value is -2.18. The van der Waals surface area contributed by atoms with Crippen molar-refractivity contribution in [3.05, 3.63) is 27.9 Å². The lowest BCUT2D eigenvalue weighted by atomic mass is 9.92. The summed E-state index contributed by atoms with van der Waals surface area (Å²) in [7, 11) is 0. The molecule has 1 aromatic rings. The maximum atomic E-state index is 11.1. The first-order valence-corrected chi connectivity index (χ1v) is 6.43. The first kappa shape index (κ1) is 14.2. The van der Waals surface area contributed by atoms with Crippen LogP contribution in [0.2, 0.25) is 0 Å². The molecular formula is C13H17N3O4. The van der Waals surface area contributed by atoms with E-state index in [0.717, 1.165) is 25.5 Å². The summed E-state index contributed by atoms with van der Waals surface area (Å²) in [5.74, 6) is -0.954. The van der Waals surface area contributed by atoms with E-state index in [1.807, 2.05) is 0 Å². The summed E-state index contributed by atoms with van der Waals surface area (Å²) in [6.07, 6.45) is 4.03. The van der Waals surface area contributed by atoms with Crippen LogP contribution in [0.15, 0.2) is 12.3 Å². The van der Waals surface area contributed by atoms with E-state index < -0.39 is 16.6 Å². The van der Waals surface area contributed by atoms with Crippen molar-refractivity contribution in [1.82, 2.24) is 4.98 Å². The molecule has 2 rings (SSSR count). The third-order valence-electron chi connectivity index (χ3n) is 3.63.